The molecule has 0 radical (unpaired) electrons. The average Bonchev–Trinajstić information content (AvgIpc) is 3.10. The zero-order valence-electron chi connectivity index (χ0n) is 21.0. The van der Waals surface area contributed by atoms with Crippen molar-refractivity contribution in [3.63, 3.8) is 0 Å². The number of methoxy groups -OCH3 is 1. The van der Waals surface area contributed by atoms with Crippen molar-refractivity contribution in [2.75, 3.05) is 58.4 Å². The minimum atomic E-state index is -0.112. The Morgan fingerprint density at radius 3 is 2.37 bits per heavy atom. The van der Waals surface area contributed by atoms with E-state index in [4.69, 9.17) is 14.2 Å². The fourth-order valence-electron chi connectivity index (χ4n) is 4.12. The molecule has 1 fully saturated rings. The summed E-state index contributed by atoms with van der Waals surface area (Å²) in [5.74, 6) is 2.16. The number of benzene rings is 2. The number of nitrogens with one attached hydrogen (secondary N) is 1. The van der Waals surface area contributed by atoms with Gasteiger partial charge in [-0.15, -0.1) is 0 Å². The highest BCUT2D eigenvalue weighted by Gasteiger charge is 2.21. The van der Waals surface area contributed by atoms with Gasteiger partial charge in [-0.25, -0.2) is 0 Å². The Balaban J connectivity index is 1.49. The van der Waals surface area contributed by atoms with Crippen LogP contribution in [0.3, 0.4) is 0 Å². The molecule has 2 aromatic carbocycles. The molecule has 0 unspecified atom stereocenters. The minimum absolute atomic E-state index is 0.112. The molecular weight excluding hydrogens is 446 g/mol. The van der Waals surface area contributed by atoms with Crippen LogP contribution in [0.1, 0.15) is 32.3 Å². The highest BCUT2D eigenvalue weighted by Crippen LogP contribution is 2.29. The summed E-state index contributed by atoms with van der Waals surface area (Å²) in [7, 11) is 1.64. The summed E-state index contributed by atoms with van der Waals surface area (Å²) in [4.78, 5) is 29.6. The molecule has 3 rings (SSSR count). The van der Waals surface area contributed by atoms with Gasteiger partial charge in [-0.3, -0.25) is 14.5 Å². The van der Waals surface area contributed by atoms with Crippen molar-refractivity contribution < 1.29 is 23.8 Å². The molecule has 8 nitrogen and oxygen atoms in total. The van der Waals surface area contributed by atoms with Gasteiger partial charge in [-0.2, -0.15) is 0 Å². The van der Waals surface area contributed by atoms with E-state index in [9.17, 15) is 9.59 Å². The molecule has 0 bridgehead atoms. The van der Waals surface area contributed by atoms with Crippen molar-refractivity contribution in [1.29, 1.82) is 0 Å². The summed E-state index contributed by atoms with van der Waals surface area (Å²) in [6.45, 7) is 7.91. The highest BCUT2D eigenvalue weighted by atomic mass is 16.5. The van der Waals surface area contributed by atoms with E-state index in [-0.39, 0.29) is 18.4 Å². The monoisotopic (exact) mass is 483 g/mol. The molecule has 1 aliphatic rings. The fraction of sp³-hybridized carbons (Fsp3) is 0.481. The van der Waals surface area contributed by atoms with Gasteiger partial charge >= 0.3 is 0 Å². The number of rotatable bonds is 11. The molecule has 0 aromatic heterocycles. The predicted molar refractivity (Wildman–Crippen MR) is 136 cm³/mol. The summed E-state index contributed by atoms with van der Waals surface area (Å²) < 4.78 is 16.4. The van der Waals surface area contributed by atoms with Crippen molar-refractivity contribution >= 4 is 17.5 Å². The molecule has 1 saturated heterocycles. The third kappa shape index (κ3) is 8.17. The molecule has 0 atom stereocenters. The lowest BCUT2D eigenvalue weighted by molar-refractivity contribution is -0.131. The van der Waals surface area contributed by atoms with Gasteiger partial charge in [-0.1, -0.05) is 12.1 Å². The maximum absolute atomic E-state index is 12.8. The van der Waals surface area contributed by atoms with Crippen LogP contribution in [0.2, 0.25) is 0 Å². The Bertz CT molecular complexity index is 964. The van der Waals surface area contributed by atoms with E-state index < -0.39 is 0 Å². The number of aryl methyl sites for hydroxylation is 1. The van der Waals surface area contributed by atoms with E-state index in [1.165, 1.54) is 0 Å². The maximum atomic E-state index is 12.8. The summed E-state index contributed by atoms with van der Waals surface area (Å²) in [5, 5.41) is 2.97. The molecular formula is C27H37N3O5. The van der Waals surface area contributed by atoms with Crippen LogP contribution in [-0.2, 0) is 16.0 Å². The van der Waals surface area contributed by atoms with Gasteiger partial charge in [0.15, 0.2) is 0 Å². The first-order valence-electron chi connectivity index (χ1n) is 12.3. The first-order valence-corrected chi connectivity index (χ1v) is 12.3. The van der Waals surface area contributed by atoms with Crippen LogP contribution < -0.4 is 19.5 Å². The first-order chi connectivity index (χ1) is 17.0. The molecule has 0 saturated carbocycles. The molecule has 190 valence electrons. The smallest absolute Gasteiger partial charge is 0.238 e. The van der Waals surface area contributed by atoms with Crippen molar-refractivity contribution in [3.05, 3.63) is 48.0 Å². The molecule has 1 N–H and O–H groups in total. The van der Waals surface area contributed by atoms with E-state index in [0.29, 0.717) is 62.9 Å². The molecule has 2 amide bonds. The fourth-order valence-corrected chi connectivity index (χ4v) is 4.12. The second kappa shape index (κ2) is 13.6. The van der Waals surface area contributed by atoms with Crippen LogP contribution in [0.5, 0.6) is 17.2 Å². The summed E-state index contributed by atoms with van der Waals surface area (Å²) in [6, 6.07) is 13.3. The van der Waals surface area contributed by atoms with Crippen LogP contribution in [0, 0.1) is 0 Å². The zero-order valence-corrected chi connectivity index (χ0v) is 21.0. The lowest BCUT2D eigenvalue weighted by Crippen LogP contribution is -2.38. The largest absolute Gasteiger partial charge is 0.497 e. The Kier molecular flexibility index (Phi) is 10.2. The number of ether oxygens (including phenoxy) is 3. The molecule has 0 spiro atoms. The van der Waals surface area contributed by atoms with Crippen molar-refractivity contribution in [2.24, 2.45) is 0 Å². The number of carbonyl (C=O) groups excluding carboxylic acids is 2. The van der Waals surface area contributed by atoms with Crippen molar-refractivity contribution in [2.45, 2.75) is 33.1 Å². The summed E-state index contributed by atoms with van der Waals surface area (Å²) in [6.07, 6.45) is 2.02. The Hall–Kier alpha value is -3.26. The number of anilines is 1. The highest BCUT2D eigenvalue weighted by molar-refractivity contribution is 5.94. The van der Waals surface area contributed by atoms with Crippen LogP contribution in [0.25, 0.3) is 0 Å². The van der Waals surface area contributed by atoms with Crippen LogP contribution >= 0.6 is 0 Å². The van der Waals surface area contributed by atoms with Gasteiger partial charge in [0.1, 0.15) is 17.2 Å². The second-order valence-corrected chi connectivity index (χ2v) is 8.43. The lowest BCUT2D eigenvalue weighted by Gasteiger charge is -2.22. The summed E-state index contributed by atoms with van der Waals surface area (Å²) >= 11 is 0. The molecule has 2 aromatic rings. The molecule has 8 heteroatoms. The van der Waals surface area contributed by atoms with E-state index in [2.05, 4.69) is 10.2 Å². The third-order valence-corrected chi connectivity index (χ3v) is 5.93. The third-order valence-electron chi connectivity index (χ3n) is 5.93. The van der Waals surface area contributed by atoms with Gasteiger partial charge in [-0.05, 0) is 56.5 Å². The maximum Gasteiger partial charge on any atom is 0.238 e. The minimum Gasteiger partial charge on any atom is -0.497 e. The Morgan fingerprint density at radius 2 is 1.66 bits per heavy atom. The van der Waals surface area contributed by atoms with Crippen molar-refractivity contribution in [3.8, 4) is 17.2 Å². The number of carbonyl (C=O) groups is 2. The van der Waals surface area contributed by atoms with E-state index in [1.807, 2.05) is 55.1 Å². The molecule has 1 heterocycles. The van der Waals surface area contributed by atoms with Gasteiger partial charge in [0.05, 0.1) is 32.6 Å². The van der Waals surface area contributed by atoms with Gasteiger partial charge in [0.2, 0.25) is 11.8 Å². The predicted octanol–water partition coefficient (Wildman–Crippen LogP) is 3.60. The molecule has 1 aliphatic heterocycles. The van der Waals surface area contributed by atoms with Crippen LogP contribution in [-0.4, -0.2) is 74.7 Å². The van der Waals surface area contributed by atoms with Gasteiger partial charge in [0, 0.05) is 38.7 Å². The number of nitrogens with zero attached hydrogens (tertiary/aromatic N) is 2. The zero-order chi connectivity index (χ0) is 25.0. The van der Waals surface area contributed by atoms with Crippen LogP contribution in [0.4, 0.5) is 5.69 Å². The number of amides is 2. The van der Waals surface area contributed by atoms with Crippen molar-refractivity contribution in [1.82, 2.24) is 9.80 Å². The first kappa shape index (κ1) is 26.3. The Labute approximate surface area is 208 Å². The van der Waals surface area contributed by atoms with E-state index >= 15 is 0 Å². The summed E-state index contributed by atoms with van der Waals surface area (Å²) in [5.41, 5.74) is 1.72. The Morgan fingerprint density at radius 1 is 0.914 bits per heavy atom. The van der Waals surface area contributed by atoms with Gasteiger partial charge < -0.3 is 24.4 Å². The van der Waals surface area contributed by atoms with E-state index in [0.717, 1.165) is 24.3 Å². The average molecular weight is 484 g/mol. The van der Waals surface area contributed by atoms with Crippen LogP contribution in [0.15, 0.2) is 42.5 Å². The second-order valence-electron chi connectivity index (χ2n) is 8.43. The quantitative estimate of drug-likeness (QED) is 0.526. The normalized spacial score (nSPS) is 14.2. The standard InChI is InChI=1S/C27H37N3O5/c1-4-34-23-12-13-25(35-5-2)24(19-23)28-26(31)20-29-15-6-16-30(18-17-29)27(32)14-9-21-7-10-22(33-3)11-8-21/h7-8,10-13,19H,4-6,9,14-18,20H2,1-3H3,(H,28,31). The lowest BCUT2D eigenvalue weighted by atomic mass is 10.1. The number of hydrogen-bond donors (Lipinski definition) is 1. The number of hydrogen-bond acceptors (Lipinski definition) is 6. The molecule has 0 aliphatic carbocycles. The van der Waals surface area contributed by atoms with Gasteiger partial charge in [0.25, 0.3) is 0 Å². The van der Waals surface area contributed by atoms with E-state index in [1.54, 1.807) is 13.2 Å². The molecule has 35 heavy (non-hydrogen) atoms. The SMILES string of the molecule is CCOc1ccc(OCC)c(NC(=O)CN2CCCN(C(=O)CCc3ccc(OC)cc3)CC2)c1. The topological polar surface area (TPSA) is 80.3 Å².